The second-order valence-corrected chi connectivity index (χ2v) is 5.59. The fourth-order valence-corrected chi connectivity index (χ4v) is 2.36. The Labute approximate surface area is 144 Å². The molecule has 1 amide bonds. The first-order valence-corrected chi connectivity index (χ1v) is 7.68. The number of amides is 1. The molecule has 1 N–H and O–H groups in total. The first-order chi connectivity index (χ1) is 11.6. The van der Waals surface area contributed by atoms with E-state index in [0.717, 1.165) is 11.3 Å². The fourth-order valence-electron chi connectivity index (χ4n) is 2.13. The van der Waals surface area contributed by atoms with Crippen LogP contribution in [0.3, 0.4) is 0 Å². The zero-order valence-electron chi connectivity index (χ0n) is 13.0. The van der Waals surface area contributed by atoms with Gasteiger partial charge in [0.05, 0.1) is 0 Å². The summed E-state index contributed by atoms with van der Waals surface area (Å²) in [5.74, 6) is 1.18. The Kier molecular flexibility index (Phi) is 4.82. The predicted octanol–water partition coefficient (Wildman–Crippen LogP) is 4.47. The predicted molar refractivity (Wildman–Crippen MR) is 91.4 cm³/mol. The highest BCUT2D eigenvalue weighted by molar-refractivity contribution is 6.30. The van der Waals surface area contributed by atoms with E-state index in [-0.39, 0.29) is 18.3 Å². The van der Waals surface area contributed by atoms with Crippen LogP contribution < -0.4 is 10.1 Å². The number of hydrogen-bond donors (Lipinski definition) is 1. The summed E-state index contributed by atoms with van der Waals surface area (Å²) >= 11 is 5.92. The highest BCUT2D eigenvalue weighted by Crippen LogP contribution is 2.23. The number of aromatic nitrogens is 1. The van der Waals surface area contributed by atoms with Gasteiger partial charge in [-0.2, -0.15) is 0 Å². The molecule has 0 atom stereocenters. The van der Waals surface area contributed by atoms with Gasteiger partial charge in [-0.3, -0.25) is 9.78 Å². The van der Waals surface area contributed by atoms with Gasteiger partial charge in [0.25, 0.3) is 5.91 Å². The van der Waals surface area contributed by atoms with Crippen LogP contribution >= 0.6 is 11.6 Å². The van der Waals surface area contributed by atoms with E-state index in [1.807, 2.05) is 13.0 Å². The molecule has 2 heterocycles. The average molecular weight is 343 g/mol. The number of rotatable bonds is 5. The number of carbonyl (C=O) groups is 1. The summed E-state index contributed by atoms with van der Waals surface area (Å²) in [4.78, 5) is 16.0. The van der Waals surface area contributed by atoms with Crippen molar-refractivity contribution in [2.45, 2.75) is 13.5 Å². The number of carbonyl (C=O) groups excluding carboxylic acids is 1. The second-order valence-electron chi connectivity index (χ2n) is 5.15. The number of halogens is 1. The van der Waals surface area contributed by atoms with Gasteiger partial charge in [-0.15, -0.1) is 0 Å². The van der Waals surface area contributed by atoms with Crippen LogP contribution in [-0.4, -0.2) is 10.9 Å². The lowest BCUT2D eigenvalue weighted by Crippen LogP contribution is -2.10. The molecule has 0 saturated carbocycles. The molecule has 1 aromatic carbocycles. The highest BCUT2D eigenvalue weighted by atomic mass is 35.5. The Bertz CT molecular complexity index is 846. The van der Waals surface area contributed by atoms with Crippen LogP contribution in [0, 0.1) is 6.92 Å². The number of furan rings is 1. The summed E-state index contributed by atoms with van der Waals surface area (Å²) in [6.45, 7) is 2.14. The summed E-state index contributed by atoms with van der Waals surface area (Å²) in [5.41, 5.74) is 1.59. The molecule has 2 aromatic heterocycles. The third-order valence-electron chi connectivity index (χ3n) is 3.33. The van der Waals surface area contributed by atoms with Gasteiger partial charge in [0.2, 0.25) is 0 Å². The van der Waals surface area contributed by atoms with Gasteiger partial charge < -0.3 is 14.5 Å². The molecule has 0 aliphatic rings. The third kappa shape index (κ3) is 3.94. The second kappa shape index (κ2) is 7.19. The molecule has 6 heteroatoms. The molecule has 0 unspecified atom stereocenters. The molecule has 3 rings (SSSR count). The lowest BCUT2D eigenvalue weighted by Gasteiger charge is -2.07. The number of nitrogens with zero attached hydrogens (tertiary/aromatic N) is 1. The quantitative estimate of drug-likeness (QED) is 0.743. The largest absolute Gasteiger partial charge is 0.485 e. The van der Waals surface area contributed by atoms with Gasteiger partial charge in [-0.1, -0.05) is 11.6 Å². The number of nitrogens with one attached hydrogen (secondary N) is 1. The molecule has 3 aromatic rings. The van der Waals surface area contributed by atoms with Gasteiger partial charge in [-0.05, 0) is 55.0 Å². The maximum Gasteiger partial charge on any atom is 0.291 e. The van der Waals surface area contributed by atoms with Crippen molar-refractivity contribution in [2.24, 2.45) is 0 Å². The zero-order valence-corrected chi connectivity index (χ0v) is 13.7. The minimum Gasteiger partial charge on any atom is -0.485 e. The summed E-state index contributed by atoms with van der Waals surface area (Å²) in [6, 6.07) is 12.1. The highest BCUT2D eigenvalue weighted by Gasteiger charge is 2.12. The van der Waals surface area contributed by atoms with Gasteiger partial charge in [-0.25, -0.2) is 0 Å². The van der Waals surface area contributed by atoms with E-state index in [2.05, 4.69) is 10.3 Å². The van der Waals surface area contributed by atoms with E-state index in [1.165, 1.54) is 0 Å². The zero-order chi connectivity index (χ0) is 16.9. The van der Waals surface area contributed by atoms with Crippen LogP contribution in [0.2, 0.25) is 5.02 Å². The Balaban J connectivity index is 1.62. The molecule has 24 heavy (non-hydrogen) atoms. The Morgan fingerprint density at radius 1 is 1.21 bits per heavy atom. The topological polar surface area (TPSA) is 64.4 Å². The molecule has 5 nitrogen and oxygen atoms in total. The van der Waals surface area contributed by atoms with Crippen molar-refractivity contribution in [2.75, 3.05) is 5.32 Å². The van der Waals surface area contributed by atoms with Crippen LogP contribution in [0.1, 0.15) is 21.9 Å². The molecule has 0 aliphatic carbocycles. The monoisotopic (exact) mass is 342 g/mol. The van der Waals surface area contributed by atoms with E-state index >= 15 is 0 Å². The minimum atomic E-state index is -0.324. The minimum absolute atomic E-state index is 0.221. The number of benzene rings is 1. The maximum absolute atomic E-state index is 12.1. The van der Waals surface area contributed by atoms with E-state index in [0.29, 0.717) is 16.5 Å². The Hall–Kier alpha value is -2.79. The SMILES string of the molecule is Cc1cc(Cl)ccc1OCc1ccc(C(=O)Nc2ccncc2)o1. The number of aryl methyl sites for hydroxylation is 1. The van der Waals surface area contributed by atoms with E-state index in [1.54, 1.807) is 48.8 Å². The molecule has 0 spiro atoms. The lowest BCUT2D eigenvalue weighted by molar-refractivity contribution is 0.0992. The average Bonchev–Trinajstić information content (AvgIpc) is 3.04. The Morgan fingerprint density at radius 2 is 2.00 bits per heavy atom. The van der Waals surface area contributed by atoms with Crippen LogP contribution in [0.4, 0.5) is 5.69 Å². The van der Waals surface area contributed by atoms with Crippen LogP contribution in [0.5, 0.6) is 5.75 Å². The van der Waals surface area contributed by atoms with Gasteiger partial charge in [0.15, 0.2) is 5.76 Å². The fraction of sp³-hybridized carbons (Fsp3) is 0.111. The molecule has 0 radical (unpaired) electrons. The lowest BCUT2D eigenvalue weighted by atomic mass is 10.2. The van der Waals surface area contributed by atoms with Crippen molar-refractivity contribution in [3.63, 3.8) is 0 Å². The van der Waals surface area contributed by atoms with Crippen molar-refractivity contribution in [3.8, 4) is 5.75 Å². The van der Waals surface area contributed by atoms with Crippen molar-refractivity contribution in [3.05, 3.63) is 77.0 Å². The molecule has 0 fully saturated rings. The first-order valence-electron chi connectivity index (χ1n) is 7.31. The van der Waals surface area contributed by atoms with E-state index in [9.17, 15) is 4.79 Å². The van der Waals surface area contributed by atoms with Crippen LogP contribution in [0.25, 0.3) is 0 Å². The first kappa shape index (κ1) is 16.1. The van der Waals surface area contributed by atoms with Gasteiger partial charge in [0, 0.05) is 23.1 Å². The molecule has 0 bridgehead atoms. The molecular formula is C18H15ClN2O3. The molecular weight excluding hydrogens is 328 g/mol. The standard InChI is InChI=1S/C18H15ClN2O3/c1-12-10-13(19)2-4-16(12)23-11-15-3-5-17(24-15)18(22)21-14-6-8-20-9-7-14/h2-10H,11H2,1H3,(H,20,21,22). The Morgan fingerprint density at radius 3 is 2.75 bits per heavy atom. The summed E-state index contributed by atoms with van der Waals surface area (Å²) in [5, 5.41) is 3.39. The summed E-state index contributed by atoms with van der Waals surface area (Å²) in [7, 11) is 0. The maximum atomic E-state index is 12.1. The number of ether oxygens (including phenoxy) is 1. The van der Waals surface area contributed by atoms with E-state index < -0.39 is 0 Å². The summed E-state index contributed by atoms with van der Waals surface area (Å²) < 4.78 is 11.2. The van der Waals surface area contributed by atoms with Crippen LogP contribution in [-0.2, 0) is 6.61 Å². The molecule has 0 aliphatic heterocycles. The van der Waals surface area contributed by atoms with Gasteiger partial charge in [0.1, 0.15) is 18.1 Å². The summed E-state index contributed by atoms with van der Waals surface area (Å²) in [6.07, 6.45) is 3.21. The van der Waals surface area contributed by atoms with Crippen molar-refractivity contribution < 1.29 is 13.9 Å². The van der Waals surface area contributed by atoms with Crippen LogP contribution in [0.15, 0.2) is 59.3 Å². The normalized spacial score (nSPS) is 10.4. The number of pyridine rings is 1. The smallest absolute Gasteiger partial charge is 0.291 e. The van der Waals surface area contributed by atoms with E-state index in [4.69, 9.17) is 20.8 Å². The number of anilines is 1. The number of hydrogen-bond acceptors (Lipinski definition) is 4. The molecule has 0 saturated heterocycles. The third-order valence-corrected chi connectivity index (χ3v) is 3.57. The van der Waals surface area contributed by atoms with Crippen molar-refractivity contribution >= 4 is 23.2 Å². The van der Waals surface area contributed by atoms with Crippen molar-refractivity contribution in [1.82, 2.24) is 4.98 Å². The van der Waals surface area contributed by atoms with Crippen molar-refractivity contribution in [1.29, 1.82) is 0 Å². The molecule has 122 valence electrons. The van der Waals surface area contributed by atoms with Gasteiger partial charge >= 0.3 is 0 Å².